The lowest BCUT2D eigenvalue weighted by molar-refractivity contribution is -0.137. The molecule has 0 spiro atoms. The molecule has 23 heavy (non-hydrogen) atoms. The van der Waals surface area contributed by atoms with Crippen LogP contribution in [-0.2, 0) is 6.18 Å². The molecule has 0 amide bonds. The second-order valence-electron chi connectivity index (χ2n) is 5.85. The van der Waals surface area contributed by atoms with Crippen molar-refractivity contribution in [2.24, 2.45) is 0 Å². The summed E-state index contributed by atoms with van der Waals surface area (Å²) in [6, 6.07) is 7.87. The number of aromatic nitrogens is 1. The summed E-state index contributed by atoms with van der Waals surface area (Å²) in [6.45, 7) is 3.56. The predicted octanol–water partition coefficient (Wildman–Crippen LogP) is 3.93. The third-order valence-corrected chi connectivity index (χ3v) is 3.52. The standard InChI is InChI=1S/C17H14F3NO2/c1-16(2)10-13(21-8-4-3-5-15(21)22)12-9-11(17(18,19)20)6-7-14(12)23-16/h3-10H,1-2H3. The first-order valence-electron chi connectivity index (χ1n) is 6.99. The molecule has 1 aromatic heterocycles. The molecular weight excluding hydrogens is 307 g/mol. The molecule has 0 atom stereocenters. The van der Waals surface area contributed by atoms with Gasteiger partial charge in [0.15, 0.2) is 0 Å². The second kappa shape index (κ2) is 5.01. The Kier molecular flexibility index (Phi) is 3.35. The van der Waals surface area contributed by atoms with Crippen LogP contribution in [0.4, 0.5) is 13.2 Å². The summed E-state index contributed by atoms with van der Waals surface area (Å²) >= 11 is 0. The van der Waals surface area contributed by atoms with Crippen LogP contribution in [0.15, 0.2) is 53.5 Å². The largest absolute Gasteiger partial charge is 0.483 e. The Hall–Kier alpha value is -2.50. The minimum atomic E-state index is -4.46. The zero-order valence-corrected chi connectivity index (χ0v) is 12.5. The summed E-state index contributed by atoms with van der Waals surface area (Å²) in [5.74, 6) is 0.316. The number of hydrogen-bond donors (Lipinski definition) is 0. The molecule has 0 saturated carbocycles. The van der Waals surface area contributed by atoms with Crippen molar-refractivity contribution in [1.29, 1.82) is 0 Å². The van der Waals surface area contributed by atoms with Crippen molar-refractivity contribution in [2.75, 3.05) is 0 Å². The molecule has 3 nitrogen and oxygen atoms in total. The molecule has 1 aliphatic rings. The van der Waals surface area contributed by atoms with Crippen LogP contribution in [0.5, 0.6) is 5.75 Å². The molecule has 0 unspecified atom stereocenters. The number of alkyl halides is 3. The summed E-state index contributed by atoms with van der Waals surface area (Å²) in [5.41, 5.74) is -1.22. The Morgan fingerprint density at radius 1 is 1.13 bits per heavy atom. The normalized spacial score (nSPS) is 16.3. The van der Waals surface area contributed by atoms with E-state index < -0.39 is 17.3 Å². The number of rotatable bonds is 1. The van der Waals surface area contributed by atoms with E-state index in [1.807, 2.05) is 0 Å². The minimum Gasteiger partial charge on any atom is -0.483 e. The van der Waals surface area contributed by atoms with Gasteiger partial charge in [0.05, 0.1) is 11.3 Å². The van der Waals surface area contributed by atoms with Crippen LogP contribution in [0.2, 0.25) is 0 Å². The number of pyridine rings is 1. The molecule has 0 aliphatic carbocycles. The van der Waals surface area contributed by atoms with E-state index in [-0.39, 0.29) is 11.1 Å². The summed E-state index contributed by atoms with van der Waals surface area (Å²) in [5, 5.41) is 0. The van der Waals surface area contributed by atoms with Gasteiger partial charge in [-0.25, -0.2) is 0 Å². The van der Waals surface area contributed by atoms with E-state index in [4.69, 9.17) is 4.74 Å². The lowest BCUT2D eigenvalue weighted by atomic mass is 9.97. The molecule has 1 aliphatic heterocycles. The van der Waals surface area contributed by atoms with E-state index in [0.29, 0.717) is 11.4 Å². The van der Waals surface area contributed by atoms with Crippen LogP contribution in [0.3, 0.4) is 0 Å². The van der Waals surface area contributed by atoms with E-state index >= 15 is 0 Å². The summed E-state index contributed by atoms with van der Waals surface area (Å²) in [6.07, 6.45) is -1.29. The van der Waals surface area contributed by atoms with Gasteiger partial charge < -0.3 is 4.74 Å². The van der Waals surface area contributed by atoms with Crippen LogP contribution >= 0.6 is 0 Å². The fourth-order valence-corrected chi connectivity index (χ4v) is 2.54. The molecule has 0 saturated heterocycles. The van der Waals surface area contributed by atoms with Gasteiger partial charge in [0, 0.05) is 17.8 Å². The number of benzene rings is 1. The smallest absolute Gasteiger partial charge is 0.416 e. The number of ether oxygens (including phenoxy) is 1. The van der Waals surface area contributed by atoms with E-state index in [1.54, 1.807) is 32.1 Å². The lowest BCUT2D eigenvalue weighted by Gasteiger charge is -2.31. The monoisotopic (exact) mass is 321 g/mol. The van der Waals surface area contributed by atoms with Crippen molar-refractivity contribution in [3.63, 3.8) is 0 Å². The van der Waals surface area contributed by atoms with Crippen LogP contribution in [0.25, 0.3) is 5.70 Å². The second-order valence-corrected chi connectivity index (χ2v) is 5.85. The molecule has 3 rings (SSSR count). The molecule has 120 valence electrons. The fraction of sp³-hybridized carbons (Fsp3) is 0.235. The number of nitrogens with zero attached hydrogens (tertiary/aromatic N) is 1. The quantitative estimate of drug-likeness (QED) is 0.797. The third-order valence-electron chi connectivity index (χ3n) is 3.52. The van der Waals surface area contributed by atoms with Crippen LogP contribution in [-0.4, -0.2) is 10.2 Å². The third kappa shape index (κ3) is 2.88. The van der Waals surface area contributed by atoms with Crippen LogP contribution in [0, 0.1) is 0 Å². The molecule has 0 N–H and O–H groups in total. The Bertz CT molecular complexity index is 847. The van der Waals surface area contributed by atoms with Gasteiger partial charge in [0.25, 0.3) is 5.56 Å². The highest BCUT2D eigenvalue weighted by molar-refractivity contribution is 5.74. The van der Waals surface area contributed by atoms with E-state index in [2.05, 4.69) is 0 Å². The van der Waals surface area contributed by atoms with Crippen molar-refractivity contribution in [2.45, 2.75) is 25.6 Å². The first-order chi connectivity index (χ1) is 10.7. The zero-order chi connectivity index (χ0) is 16.8. The Labute approximate surface area is 130 Å². The predicted molar refractivity (Wildman–Crippen MR) is 80.2 cm³/mol. The van der Waals surface area contributed by atoms with Gasteiger partial charge in [0.1, 0.15) is 11.4 Å². The molecule has 0 bridgehead atoms. The number of halogens is 3. The Balaban J connectivity index is 2.26. The van der Waals surface area contributed by atoms with Gasteiger partial charge in [-0.2, -0.15) is 13.2 Å². The van der Waals surface area contributed by atoms with Crippen LogP contribution in [0.1, 0.15) is 25.0 Å². The first kappa shape index (κ1) is 15.4. The van der Waals surface area contributed by atoms with Gasteiger partial charge in [-0.05, 0) is 44.2 Å². The summed E-state index contributed by atoms with van der Waals surface area (Å²) < 4.78 is 46.0. The first-order valence-corrected chi connectivity index (χ1v) is 6.99. The summed E-state index contributed by atoms with van der Waals surface area (Å²) in [4.78, 5) is 12.1. The SMILES string of the molecule is CC1(C)C=C(n2ccccc2=O)c2cc(C(F)(F)F)ccc2O1. The minimum absolute atomic E-state index is 0.243. The van der Waals surface area contributed by atoms with Crippen molar-refractivity contribution in [3.05, 3.63) is 70.2 Å². The van der Waals surface area contributed by atoms with Crippen molar-refractivity contribution < 1.29 is 17.9 Å². The summed E-state index contributed by atoms with van der Waals surface area (Å²) in [7, 11) is 0. The van der Waals surface area contributed by atoms with Crippen molar-refractivity contribution in [3.8, 4) is 5.75 Å². The number of fused-ring (bicyclic) bond motifs is 1. The topological polar surface area (TPSA) is 31.2 Å². The molecule has 6 heteroatoms. The highest BCUT2D eigenvalue weighted by Gasteiger charge is 2.34. The average molecular weight is 321 g/mol. The molecule has 1 aromatic carbocycles. The zero-order valence-electron chi connectivity index (χ0n) is 12.5. The molecule has 0 radical (unpaired) electrons. The fourth-order valence-electron chi connectivity index (χ4n) is 2.54. The maximum atomic E-state index is 13.0. The highest BCUT2D eigenvalue weighted by Crippen LogP contribution is 2.40. The van der Waals surface area contributed by atoms with Gasteiger partial charge in [-0.3, -0.25) is 9.36 Å². The Morgan fingerprint density at radius 3 is 2.52 bits per heavy atom. The maximum absolute atomic E-state index is 13.0. The van der Waals surface area contributed by atoms with Gasteiger partial charge in [-0.15, -0.1) is 0 Å². The highest BCUT2D eigenvalue weighted by atomic mass is 19.4. The van der Waals surface area contributed by atoms with Gasteiger partial charge >= 0.3 is 6.18 Å². The molecule has 2 aromatic rings. The van der Waals surface area contributed by atoms with Gasteiger partial charge in [-0.1, -0.05) is 6.07 Å². The van der Waals surface area contributed by atoms with Crippen molar-refractivity contribution >= 4 is 5.70 Å². The molecular formula is C17H14F3NO2. The lowest BCUT2D eigenvalue weighted by Crippen LogP contribution is -2.32. The van der Waals surface area contributed by atoms with E-state index in [1.165, 1.54) is 22.9 Å². The average Bonchev–Trinajstić information content (AvgIpc) is 2.44. The molecule has 2 heterocycles. The van der Waals surface area contributed by atoms with E-state index in [0.717, 1.165) is 12.1 Å². The molecule has 0 fully saturated rings. The van der Waals surface area contributed by atoms with Crippen LogP contribution < -0.4 is 10.3 Å². The van der Waals surface area contributed by atoms with Crippen molar-refractivity contribution in [1.82, 2.24) is 4.57 Å². The van der Waals surface area contributed by atoms with E-state index in [9.17, 15) is 18.0 Å². The maximum Gasteiger partial charge on any atom is 0.416 e. The Morgan fingerprint density at radius 2 is 1.87 bits per heavy atom. The number of hydrogen-bond acceptors (Lipinski definition) is 2. The van der Waals surface area contributed by atoms with Gasteiger partial charge in [0.2, 0.25) is 0 Å².